The van der Waals surface area contributed by atoms with Gasteiger partial charge in [-0.15, -0.1) is 0 Å². The Bertz CT molecular complexity index is 1080. The highest BCUT2D eigenvalue weighted by Gasteiger charge is 2.38. The van der Waals surface area contributed by atoms with Crippen molar-refractivity contribution in [1.29, 1.82) is 0 Å². The van der Waals surface area contributed by atoms with Gasteiger partial charge in [-0.2, -0.15) is 4.31 Å². The topological polar surface area (TPSA) is 99.2 Å². The van der Waals surface area contributed by atoms with Gasteiger partial charge in [-0.1, -0.05) is 50.2 Å². The van der Waals surface area contributed by atoms with Gasteiger partial charge in [0, 0.05) is 32.1 Å². The number of benzene rings is 2. The van der Waals surface area contributed by atoms with Crippen molar-refractivity contribution >= 4 is 16.1 Å². The minimum Gasteiger partial charge on any atom is -0.487 e. The van der Waals surface area contributed by atoms with Crippen LogP contribution in [0.1, 0.15) is 27.2 Å². The van der Waals surface area contributed by atoms with Crippen molar-refractivity contribution in [1.82, 2.24) is 14.5 Å². The van der Waals surface area contributed by atoms with Crippen molar-refractivity contribution in [2.45, 2.75) is 44.2 Å². The third kappa shape index (κ3) is 5.71. The van der Waals surface area contributed by atoms with Crippen LogP contribution in [0.25, 0.3) is 11.1 Å². The first-order chi connectivity index (χ1) is 16.2. The summed E-state index contributed by atoms with van der Waals surface area (Å²) in [7, 11) is -2.21. The number of urea groups is 1. The second kappa shape index (κ2) is 11.2. The number of aliphatic hydroxyl groups excluding tert-OH is 1. The number of hydrogen-bond donors (Lipinski definition) is 2. The smallest absolute Gasteiger partial charge is 0.317 e. The molecular formula is C25H35N3O5S. The molecule has 186 valence electrons. The van der Waals surface area contributed by atoms with Gasteiger partial charge in [0.15, 0.2) is 0 Å². The first kappa shape index (κ1) is 26.0. The van der Waals surface area contributed by atoms with Crippen molar-refractivity contribution in [2.24, 2.45) is 5.92 Å². The number of fused-ring (bicyclic) bond motifs is 1. The van der Waals surface area contributed by atoms with Gasteiger partial charge < -0.3 is 20.1 Å². The maximum atomic E-state index is 13.6. The second-order valence-electron chi connectivity index (χ2n) is 8.88. The van der Waals surface area contributed by atoms with Crippen LogP contribution in [0.3, 0.4) is 0 Å². The molecule has 9 heteroatoms. The number of rotatable bonds is 7. The van der Waals surface area contributed by atoms with Crippen molar-refractivity contribution in [3.63, 3.8) is 0 Å². The number of likely N-dealkylation sites (N-methyl/N-ethyl adjacent to an activating group) is 1. The summed E-state index contributed by atoms with van der Waals surface area (Å²) in [5, 5.41) is 12.6. The fourth-order valence-electron chi connectivity index (χ4n) is 3.97. The molecule has 0 fully saturated rings. The summed E-state index contributed by atoms with van der Waals surface area (Å²) < 4.78 is 34.9. The van der Waals surface area contributed by atoms with E-state index in [4.69, 9.17) is 4.74 Å². The third-order valence-electron chi connectivity index (χ3n) is 6.10. The number of nitrogens with zero attached hydrogens (tertiary/aromatic N) is 2. The molecule has 1 heterocycles. The highest BCUT2D eigenvalue weighted by molar-refractivity contribution is 7.89. The Balaban J connectivity index is 2.04. The second-order valence-corrected chi connectivity index (χ2v) is 10.7. The molecular weight excluding hydrogens is 454 g/mol. The summed E-state index contributed by atoms with van der Waals surface area (Å²) in [5.74, 6) is 0.00846. The number of carbonyl (C=O) groups excluding carboxylic acids is 1. The minimum absolute atomic E-state index is 0.0578. The Labute approximate surface area is 202 Å². The average molecular weight is 490 g/mol. The number of carbonyl (C=O) groups is 1. The number of nitrogens with one attached hydrogen (secondary N) is 1. The van der Waals surface area contributed by atoms with Gasteiger partial charge in [0.1, 0.15) is 16.7 Å². The van der Waals surface area contributed by atoms with E-state index in [-0.39, 0.29) is 42.3 Å². The van der Waals surface area contributed by atoms with Crippen LogP contribution in [0, 0.1) is 5.92 Å². The van der Waals surface area contributed by atoms with Crippen LogP contribution in [-0.4, -0.2) is 74.2 Å². The van der Waals surface area contributed by atoms with Crippen molar-refractivity contribution in [2.75, 3.05) is 33.3 Å². The van der Waals surface area contributed by atoms with Crippen LogP contribution in [0.4, 0.5) is 4.79 Å². The summed E-state index contributed by atoms with van der Waals surface area (Å²) in [6.07, 6.45) is 0.378. The summed E-state index contributed by atoms with van der Waals surface area (Å²) in [5.41, 5.74) is 1.77. The van der Waals surface area contributed by atoms with Gasteiger partial charge in [0.05, 0.1) is 13.2 Å². The zero-order chi connectivity index (χ0) is 24.9. The van der Waals surface area contributed by atoms with E-state index in [1.165, 1.54) is 4.31 Å². The van der Waals surface area contributed by atoms with E-state index < -0.39 is 22.2 Å². The molecule has 0 aromatic heterocycles. The molecule has 0 spiro atoms. The van der Waals surface area contributed by atoms with Gasteiger partial charge in [-0.25, -0.2) is 13.2 Å². The molecule has 0 radical (unpaired) electrons. The Hall–Kier alpha value is -2.62. The zero-order valence-corrected chi connectivity index (χ0v) is 21.1. The average Bonchev–Trinajstić information content (AvgIpc) is 2.84. The number of amides is 2. The summed E-state index contributed by atoms with van der Waals surface area (Å²) in [6, 6.07) is 13.9. The van der Waals surface area contributed by atoms with E-state index in [9.17, 15) is 18.3 Å². The lowest BCUT2D eigenvalue weighted by molar-refractivity contribution is 0.0813. The van der Waals surface area contributed by atoms with Crippen LogP contribution in [-0.2, 0) is 10.0 Å². The van der Waals surface area contributed by atoms with Gasteiger partial charge in [0.25, 0.3) is 0 Å². The van der Waals surface area contributed by atoms with E-state index in [0.717, 1.165) is 17.5 Å². The lowest BCUT2D eigenvalue weighted by Crippen LogP contribution is -2.51. The normalized spacial score (nSPS) is 20.9. The quantitative estimate of drug-likeness (QED) is 0.622. The highest BCUT2D eigenvalue weighted by atomic mass is 32.2. The maximum Gasteiger partial charge on any atom is 0.317 e. The first-order valence-electron chi connectivity index (χ1n) is 11.7. The molecule has 8 nitrogen and oxygen atoms in total. The molecule has 2 aromatic carbocycles. The van der Waals surface area contributed by atoms with Gasteiger partial charge >= 0.3 is 6.03 Å². The minimum atomic E-state index is -3.91. The molecule has 0 bridgehead atoms. The van der Waals surface area contributed by atoms with Crippen LogP contribution in [0.15, 0.2) is 53.4 Å². The number of sulfonamides is 1. The molecule has 0 aliphatic carbocycles. The molecule has 34 heavy (non-hydrogen) atoms. The predicted molar refractivity (Wildman–Crippen MR) is 132 cm³/mol. The molecule has 2 N–H and O–H groups in total. The van der Waals surface area contributed by atoms with E-state index in [2.05, 4.69) is 5.32 Å². The van der Waals surface area contributed by atoms with E-state index in [0.29, 0.717) is 6.54 Å². The van der Waals surface area contributed by atoms with Crippen LogP contribution in [0.5, 0.6) is 5.75 Å². The molecule has 2 aromatic rings. The number of ether oxygens (including phenoxy) is 1. The standard InChI is InChI=1S/C25H35N3O5S/c1-5-13-26-25(30)27(4)16-23-18(2)15-28(19(3)17-29)34(31,32)24-12-11-21(14-22(24)33-23)20-9-7-6-8-10-20/h6-12,14,18-19,23,29H,5,13,15-17H2,1-4H3,(H,26,30)/t18-,19+,23-/m0/s1. The van der Waals surface area contributed by atoms with Crippen molar-refractivity contribution < 1.29 is 23.1 Å². The molecule has 3 rings (SSSR count). The molecule has 0 saturated carbocycles. The Kier molecular flexibility index (Phi) is 8.57. The Morgan fingerprint density at radius 2 is 1.94 bits per heavy atom. The van der Waals surface area contributed by atoms with Gasteiger partial charge in [0.2, 0.25) is 10.0 Å². The molecule has 0 saturated heterocycles. The largest absolute Gasteiger partial charge is 0.487 e. The molecule has 0 unspecified atom stereocenters. The highest BCUT2D eigenvalue weighted by Crippen LogP contribution is 2.36. The first-order valence-corrected chi connectivity index (χ1v) is 13.1. The van der Waals surface area contributed by atoms with E-state index >= 15 is 0 Å². The van der Waals surface area contributed by atoms with Gasteiger partial charge in [-0.3, -0.25) is 0 Å². The Morgan fingerprint density at radius 1 is 1.24 bits per heavy atom. The lowest BCUT2D eigenvalue weighted by atomic mass is 10.0. The van der Waals surface area contributed by atoms with E-state index in [1.807, 2.05) is 44.2 Å². The molecule has 1 aliphatic heterocycles. The SMILES string of the molecule is CCCNC(=O)N(C)C[C@@H]1Oc2cc(-c3ccccc3)ccc2S(=O)(=O)N([C@H](C)CO)C[C@@H]1C. The van der Waals surface area contributed by atoms with E-state index in [1.54, 1.807) is 37.1 Å². The van der Waals surface area contributed by atoms with Crippen LogP contribution >= 0.6 is 0 Å². The molecule has 1 aliphatic rings. The fraction of sp³-hybridized carbons (Fsp3) is 0.480. The maximum absolute atomic E-state index is 13.6. The third-order valence-corrected chi connectivity index (χ3v) is 8.12. The zero-order valence-electron chi connectivity index (χ0n) is 20.3. The van der Waals surface area contributed by atoms with Crippen molar-refractivity contribution in [3.05, 3.63) is 48.5 Å². The van der Waals surface area contributed by atoms with Gasteiger partial charge in [-0.05, 0) is 36.6 Å². The molecule has 3 atom stereocenters. The summed E-state index contributed by atoms with van der Waals surface area (Å²) in [4.78, 5) is 14.1. The van der Waals surface area contributed by atoms with Crippen molar-refractivity contribution in [3.8, 4) is 16.9 Å². The number of aliphatic hydroxyl groups is 1. The van der Waals surface area contributed by atoms with Crippen LogP contribution in [0.2, 0.25) is 0 Å². The lowest BCUT2D eigenvalue weighted by Gasteiger charge is -2.37. The molecule has 2 amide bonds. The summed E-state index contributed by atoms with van der Waals surface area (Å²) in [6.45, 7) is 6.30. The van der Waals surface area contributed by atoms with Crippen LogP contribution < -0.4 is 10.1 Å². The fourth-order valence-corrected chi connectivity index (χ4v) is 5.80. The Morgan fingerprint density at radius 3 is 2.59 bits per heavy atom. The monoisotopic (exact) mass is 489 g/mol. The number of hydrogen-bond acceptors (Lipinski definition) is 5. The summed E-state index contributed by atoms with van der Waals surface area (Å²) >= 11 is 0. The predicted octanol–water partition coefficient (Wildman–Crippen LogP) is 3.17.